The number of hydrogen-bond donors (Lipinski definition) is 0. The van der Waals surface area contributed by atoms with Crippen LogP contribution < -0.4 is 0 Å². The molecule has 2 rings (SSSR count). The third-order valence-electron chi connectivity index (χ3n) is 2.06. The minimum absolute atomic E-state index is 0.179. The van der Waals surface area contributed by atoms with E-state index in [0.717, 1.165) is 13.3 Å². The Bertz CT molecular complexity index is 490. The number of benzene rings is 1. The van der Waals surface area contributed by atoms with Crippen LogP contribution in [0.15, 0.2) is 39.3 Å². The molecule has 0 nitrogen and oxygen atoms in total. The molecule has 0 aliphatic carbocycles. The fourth-order valence-corrected chi connectivity index (χ4v) is 4.17. The van der Waals surface area contributed by atoms with Gasteiger partial charge < -0.3 is 0 Å². The first-order valence-corrected chi connectivity index (χ1v) is 8.12. The summed E-state index contributed by atoms with van der Waals surface area (Å²) in [5.74, 6) is 0. The summed E-state index contributed by atoms with van der Waals surface area (Å²) >= 11 is 18.2. The van der Waals surface area contributed by atoms with E-state index in [4.69, 9.17) is 11.6 Å². The Morgan fingerprint density at radius 3 is 2.50 bits per heavy atom. The van der Waals surface area contributed by atoms with Gasteiger partial charge in [0.25, 0.3) is 0 Å². The zero-order valence-electron chi connectivity index (χ0n) is 7.88. The van der Waals surface area contributed by atoms with Crippen molar-refractivity contribution in [3.05, 3.63) is 54.1 Å². The first-order valence-electron chi connectivity index (χ1n) is 4.42. The maximum absolute atomic E-state index is 6.03. The lowest BCUT2D eigenvalue weighted by atomic mass is 10.1. The van der Waals surface area contributed by atoms with Crippen LogP contribution >= 0.6 is 70.7 Å². The maximum atomic E-state index is 6.03. The van der Waals surface area contributed by atoms with Crippen LogP contribution in [0.25, 0.3) is 0 Å². The van der Waals surface area contributed by atoms with Gasteiger partial charge in [0.2, 0.25) is 0 Å². The Balaban J connectivity index is 2.35. The molecule has 0 saturated heterocycles. The van der Waals surface area contributed by atoms with Crippen LogP contribution in [0.4, 0.5) is 0 Å². The van der Waals surface area contributed by atoms with E-state index in [1.165, 1.54) is 10.4 Å². The van der Waals surface area contributed by atoms with Gasteiger partial charge in [-0.1, -0.05) is 55.6 Å². The molecule has 0 N–H and O–H groups in total. The summed E-state index contributed by atoms with van der Waals surface area (Å²) in [5, 5.41) is 0. The van der Waals surface area contributed by atoms with Crippen LogP contribution in [-0.2, 0) is 0 Å². The van der Waals surface area contributed by atoms with Crippen molar-refractivity contribution in [2.75, 3.05) is 0 Å². The van der Waals surface area contributed by atoms with Gasteiger partial charge in [-0.3, -0.25) is 0 Å². The quantitative estimate of drug-likeness (QED) is 0.469. The van der Waals surface area contributed by atoms with E-state index in [2.05, 4.69) is 59.9 Å². The van der Waals surface area contributed by atoms with E-state index in [0.29, 0.717) is 0 Å². The molecule has 84 valence electrons. The normalized spacial score (nSPS) is 12.8. The second-order valence-corrected chi connectivity index (χ2v) is 7.56. The van der Waals surface area contributed by atoms with E-state index in [9.17, 15) is 0 Å². The highest BCUT2D eigenvalue weighted by atomic mass is 79.9. The first-order chi connectivity index (χ1) is 7.58. The van der Waals surface area contributed by atoms with E-state index in [-0.39, 0.29) is 4.83 Å². The predicted molar refractivity (Wildman–Crippen MR) is 81.9 cm³/mol. The third kappa shape index (κ3) is 2.91. The second-order valence-electron chi connectivity index (χ2n) is 3.19. The number of hydrogen-bond acceptors (Lipinski definition) is 1. The molecule has 1 aromatic heterocycles. The predicted octanol–water partition coefficient (Wildman–Crippen LogP) is 6.41. The van der Waals surface area contributed by atoms with E-state index in [1.807, 2.05) is 18.2 Å². The molecule has 0 aliphatic heterocycles. The molecular weight excluding hydrogens is 439 g/mol. The van der Waals surface area contributed by atoms with Crippen molar-refractivity contribution in [3.8, 4) is 0 Å². The van der Waals surface area contributed by atoms with Gasteiger partial charge in [-0.15, -0.1) is 11.3 Å². The maximum Gasteiger partial charge on any atom is 0.107 e. The standard InChI is InChI=1S/C11H6Br3ClS/c12-7-3-1-2-6(4-7)10(14)9-5-8(13)11(15)16-9/h1-5,10H. The summed E-state index contributed by atoms with van der Waals surface area (Å²) in [6.07, 6.45) is 0. The van der Waals surface area contributed by atoms with E-state index >= 15 is 0 Å². The highest BCUT2D eigenvalue weighted by Gasteiger charge is 2.15. The van der Waals surface area contributed by atoms with Gasteiger partial charge in [-0.2, -0.15) is 0 Å². The largest absolute Gasteiger partial charge is 0.126 e. The van der Waals surface area contributed by atoms with Crippen molar-refractivity contribution in [2.24, 2.45) is 0 Å². The van der Waals surface area contributed by atoms with Gasteiger partial charge in [0.1, 0.15) is 4.34 Å². The Morgan fingerprint density at radius 2 is 1.94 bits per heavy atom. The summed E-state index contributed by atoms with van der Waals surface area (Å²) < 4.78 is 2.82. The fraction of sp³-hybridized carbons (Fsp3) is 0.0909. The molecule has 1 aromatic carbocycles. The van der Waals surface area contributed by atoms with Crippen LogP contribution in [0.3, 0.4) is 0 Å². The second kappa shape index (κ2) is 5.53. The zero-order valence-corrected chi connectivity index (χ0v) is 14.2. The Labute approximate surface area is 128 Å². The van der Waals surface area contributed by atoms with Crippen LogP contribution in [0.5, 0.6) is 0 Å². The minimum atomic E-state index is 0.179. The van der Waals surface area contributed by atoms with Crippen LogP contribution in [0.1, 0.15) is 15.3 Å². The molecule has 0 saturated carbocycles. The molecule has 0 spiro atoms. The van der Waals surface area contributed by atoms with Gasteiger partial charge in [-0.25, -0.2) is 0 Å². The summed E-state index contributed by atoms with van der Waals surface area (Å²) in [7, 11) is 0. The van der Waals surface area contributed by atoms with Crippen molar-refractivity contribution >= 4 is 70.7 Å². The molecule has 0 radical (unpaired) electrons. The molecule has 1 atom stereocenters. The number of halogens is 4. The lowest BCUT2D eigenvalue weighted by Crippen LogP contribution is -1.88. The van der Waals surface area contributed by atoms with Gasteiger partial charge in [0.05, 0.1) is 4.83 Å². The molecule has 0 bridgehead atoms. The fourth-order valence-electron chi connectivity index (χ4n) is 1.32. The van der Waals surface area contributed by atoms with Crippen LogP contribution in [0, 0.1) is 0 Å². The van der Waals surface area contributed by atoms with Crippen molar-refractivity contribution in [1.82, 2.24) is 0 Å². The molecule has 1 heterocycles. The number of thiophene rings is 1. The van der Waals surface area contributed by atoms with Crippen LogP contribution in [0.2, 0.25) is 4.34 Å². The minimum Gasteiger partial charge on any atom is -0.126 e. The monoisotopic (exact) mass is 442 g/mol. The number of rotatable bonds is 2. The average Bonchev–Trinajstić information content (AvgIpc) is 2.58. The first kappa shape index (κ1) is 13.1. The lowest BCUT2D eigenvalue weighted by molar-refractivity contribution is 1.22. The third-order valence-corrected chi connectivity index (χ3v) is 6.41. The molecule has 5 heteroatoms. The molecule has 0 amide bonds. The van der Waals surface area contributed by atoms with Crippen molar-refractivity contribution < 1.29 is 0 Å². The molecule has 1 unspecified atom stereocenters. The van der Waals surface area contributed by atoms with Gasteiger partial charge in [-0.05, 0) is 39.7 Å². The lowest BCUT2D eigenvalue weighted by Gasteiger charge is -2.07. The summed E-state index contributed by atoms with van der Waals surface area (Å²) in [6, 6.07) is 10.3. The Hall–Kier alpha value is 0.650. The zero-order chi connectivity index (χ0) is 11.7. The average molecular weight is 445 g/mol. The Kier molecular flexibility index (Phi) is 4.52. The molecular formula is C11H6Br3ClS. The van der Waals surface area contributed by atoms with Gasteiger partial charge in [0.15, 0.2) is 0 Å². The smallest absolute Gasteiger partial charge is 0.107 e. The van der Waals surface area contributed by atoms with Crippen molar-refractivity contribution in [3.63, 3.8) is 0 Å². The van der Waals surface area contributed by atoms with Gasteiger partial charge >= 0.3 is 0 Å². The molecule has 0 aliphatic rings. The highest BCUT2D eigenvalue weighted by Crippen LogP contribution is 2.41. The molecule has 16 heavy (non-hydrogen) atoms. The SMILES string of the molecule is Clc1sc(C(Br)c2cccc(Br)c2)cc1Br. The highest BCUT2D eigenvalue weighted by molar-refractivity contribution is 9.11. The summed E-state index contributed by atoms with van der Waals surface area (Å²) in [4.78, 5) is 1.37. The molecule has 0 fully saturated rings. The van der Waals surface area contributed by atoms with E-state index in [1.54, 1.807) is 11.3 Å². The summed E-state index contributed by atoms with van der Waals surface area (Å²) in [5.41, 5.74) is 1.21. The van der Waals surface area contributed by atoms with Crippen molar-refractivity contribution in [1.29, 1.82) is 0 Å². The number of alkyl halides is 1. The van der Waals surface area contributed by atoms with Crippen molar-refractivity contribution in [2.45, 2.75) is 4.83 Å². The van der Waals surface area contributed by atoms with E-state index < -0.39 is 0 Å². The Morgan fingerprint density at radius 1 is 1.19 bits per heavy atom. The van der Waals surface area contributed by atoms with Gasteiger partial charge in [0, 0.05) is 13.8 Å². The topological polar surface area (TPSA) is 0 Å². The molecule has 2 aromatic rings. The summed E-state index contributed by atoms with van der Waals surface area (Å²) in [6.45, 7) is 0. The van der Waals surface area contributed by atoms with Crippen LogP contribution in [-0.4, -0.2) is 0 Å².